The van der Waals surface area contributed by atoms with Crippen molar-refractivity contribution in [1.29, 1.82) is 0 Å². The van der Waals surface area contributed by atoms with Crippen molar-refractivity contribution in [2.24, 2.45) is 0 Å². The van der Waals surface area contributed by atoms with Gasteiger partial charge in [-0.25, -0.2) is 0 Å². The van der Waals surface area contributed by atoms with E-state index in [0.717, 1.165) is 18.7 Å². The summed E-state index contributed by atoms with van der Waals surface area (Å²) in [5, 5.41) is 8.71. The number of carbonyl (C=O) groups is 1. The molecule has 0 aliphatic carbocycles. The molecule has 3 nitrogen and oxygen atoms in total. The standard InChI is InChI=1S/C12H19NO2/c1-2-3-4-5-8-13-9-6-7-11(13)10-12(14)15/h6-7,9H,2-5,8,10H2,1H3,(H,14,15). The van der Waals surface area contributed by atoms with Gasteiger partial charge in [0.1, 0.15) is 0 Å². The van der Waals surface area contributed by atoms with Gasteiger partial charge in [-0.05, 0) is 18.6 Å². The molecule has 0 aliphatic heterocycles. The molecule has 0 aliphatic rings. The summed E-state index contributed by atoms with van der Waals surface area (Å²) in [6, 6.07) is 3.80. The molecule has 0 saturated carbocycles. The highest BCUT2D eigenvalue weighted by molar-refractivity contribution is 5.69. The third kappa shape index (κ3) is 4.19. The van der Waals surface area contributed by atoms with Crippen LogP contribution in [0.15, 0.2) is 18.3 Å². The Hall–Kier alpha value is -1.25. The van der Waals surface area contributed by atoms with Gasteiger partial charge in [0, 0.05) is 18.4 Å². The Morgan fingerprint density at radius 1 is 1.40 bits per heavy atom. The van der Waals surface area contributed by atoms with Gasteiger partial charge in [0.2, 0.25) is 0 Å². The Labute approximate surface area is 90.7 Å². The lowest BCUT2D eigenvalue weighted by atomic mass is 10.2. The highest BCUT2D eigenvalue weighted by atomic mass is 16.4. The summed E-state index contributed by atoms with van der Waals surface area (Å²) in [6.45, 7) is 3.13. The van der Waals surface area contributed by atoms with Gasteiger partial charge >= 0.3 is 5.97 Å². The molecular weight excluding hydrogens is 190 g/mol. The molecule has 0 fully saturated rings. The van der Waals surface area contributed by atoms with E-state index in [4.69, 9.17) is 5.11 Å². The Balaban J connectivity index is 2.39. The fourth-order valence-corrected chi connectivity index (χ4v) is 1.69. The van der Waals surface area contributed by atoms with Crippen molar-refractivity contribution in [3.05, 3.63) is 24.0 Å². The summed E-state index contributed by atoms with van der Waals surface area (Å²) in [5.41, 5.74) is 0.902. The lowest BCUT2D eigenvalue weighted by Crippen LogP contribution is -2.07. The van der Waals surface area contributed by atoms with Crippen molar-refractivity contribution in [2.75, 3.05) is 0 Å². The second kappa shape index (κ2) is 6.27. The number of aliphatic carboxylic acids is 1. The molecular formula is C12H19NO2. The molecule has 0 saturated heterocycles. The van der Waals surface area contributed by atoms with Crippen LogP contribution in [0.1, 0.15) is 38.3 Å². The number of hydrogen-bond acceptors (Lipinski definition) is 1. The number of carboxylic acid groups (broad SMARTS) is 1. The van der Waals surface area contributed by atoms with E-state index in [-0.39, 0.29) is 6.42 Å². The van der Waals surface area contributed by atoms with E-state index < -0.39 is 5.97 Å². The molecule has 0 amide bonds. The highest BCUT2D eigenvalue weighted by Gasteiger charge is 2.04. The van der Waals surface area contributed by atoms with Crippen LogP contribution < -0.4 is 0 Å². The van der Waals surface area contributed by atoms with Crippen LogP contribution in [-0.2, 0) is 17.8 Å². The summed E-state index contributed by atoms with van der Waals surface area (Å²) < 4.78 is 2.05. The lowest BCUT2D eigenvalue weighted by molar-refractivity contribution is -0.136. The molecule has 1 rings (SSSR count). The maximum absolute atomic E-state index is 10.6. The molecule has 3 heteroatoms. The molecule has 1 heterocycles. The smallest absolute Gasteiger partial charge is 0.309 e. The maximum atomic E-state index is 10.6. The van der Waals surface area contributed by atoms with Crippen molar-refractivity contribution in [3.63, 3.8) is 0 Å². The second-order valence-electron chi connectivity index (χ2n) is 3.82. The Morgan fingerprint density at radius 2 is 2.20 bits per heavy atom. The number of rotatable bonds is 7. The summed E-state index contributed by atoms with van der Waals surface area (Å²) in [5.74, 6) is -0.761. The zero-order chi connectivity index (χ0) is 11.1. The minimum Gasteiger partial charge on any atom is -0.481 e. The van der Waals surface area contributed by atoms with Crippen molar-refractivity contribution < 1.29 is 9.90 Å². The molecule has 0 unspecified atom stereocenters. The number of nitrogens with zero attached hydrogens (tertiary/aromatic N) is 1. The zero-order valence-corrected chi connectivity index (χ0v) is 9.28. The van der Waals surface area contributed by atoms with Gasteiger partial charge in [0.15, 0.2) is 0 Å². The average Bonchev–Trinajstić information content (AvgIpc) is 2.59. The lowest BCUT2D eigenvalue weighted by Gasteiger charge is -2.07. The Bertz CT molecular complexity index is 304. The van der Waals surface area contributed by atoms with Crippen LogP contribution in [0, 0.1) is 0 Å². The van der Waals surface area contributed by atoms with E-state index in [1.54, 1.807) is 0 Å². The van der Waals surface area contributed by atoms with Crippen LogP contribution in [0.25, 0.3) is 0 Å². The SMILES string of the molecule is CCCCCCn1cccc1CC(=O)O. The number of hydrogen-bond donors (Lipinski definition) is 1. The van der Waals surface area contributed by atoms with Crippen LogP contribution in [0.4, 0.5) is 0 Å². The van der Waals surface area contributed by atoms with E-state index in [1.807, 2.05) is 22.9 Å². The number of unbranched alkanes of at least 4 members (excludes halogenated alkanes) is 3. The minimum absolute atomic E-state index is 0.126. The van der Waals surface area contributed by atoms with E-state index in [2.05, 4.69) is 6.92 Å². The number of carboxylic acids is 1. The Morgan fingerprint density at radius 3 is 2.87 bits per heavy atom. The second-order valence-corrected chi connectivity index (χ2v) is 3.82. The number of aryl methyl sites for hydroxylation is 1. The minimum atomic E-state index is -0.761. The molecule has 1 aromatic rings. The summed E-state index contributed by atoms with van der Waals surface area (Å²) in [7, 11) is 0. The first-order chi connectivity index (χ1) is 7.24. The van der Waals surface area contributed by atoms with Crippen LogP contribution >= 0.6 is 0 Å². The highest BCUT2D eigenvalue weighted by Crippen LogP contribution is 2.07. The molecule has 15 heavy (non-hydrogen) atoms. The van der Waals surface area contributed by atoms with Crippen LogP contribution in [0.3, 0.4) is 0 Å². The van der Waals surface area contributed by atoms with E-state index in [0.29, 0.717) is 0 Å². The summed E-state index contributed by atoms with van der Waals surface area (Å²) in [6.07, 6.45) is 6.94. The molecule has 1 N–H and O–H groups in total. The van der Waals surface area contributed by atoms with Crippen molar-refractivity contribution >= 4 is 5.97 Å². The quantitative estimate of drug-likeness (QED) is 0.701. The van der Waals surface area contributed by atoms with E-state index >= 15 is 0 Å². The van der Waals surface area contributed by atoms with Gasteiger partial charge in [-0.1, -0.05) is 26.2 Å². The molecule has 84 valence electrons. The predicted molar refractivity (Wildman–Crippen MR) is 59.9 cm³/mol. The topological polar surface area (TPSA) is 42.2 Å². The largest absolute Gasteiger partial charge is 0.481 e. The molecule has 0 radical (unpaired) electrons. The maximum Gasteiger partial charge on any atom is 0.309 e. The van der Waals surface area contributed by atoms with E-state index in [1.165, 1.54) is 19.3 Å². The first-order valence-corrected chi connectivity index (χ1v) is 5.60. The average molecular weight is 209 g/mol. The predicted octanol–water partition coefficient (Wildman–Crippen LogP) is 2.70. The molecule has 1 aromatic heterocycles. The summed E-state index contributed by atoms with van der Waals surface area (Å²) in [4.78, 5) is 10.6. The van der Waals surface area contributed by atoms with Crippen LogP contribution in [-0.4, -0.2) is 15.6 Å². The summed E-state index contributed by atoms with van der Waals surface area (Å²) >= 11 is 0. The molecule has 0 atom stereocenters. The van der Waals surface area contributed by atoms with Crippen molar-refractivity contribution in [1.82, 2.24) is 4.57 Å². The van der Waals surface area contributed by atoms with Gasteiger partial charge in [-0.15, -0.1) is 0 Å². The molecule has 0 aromatic carbocycles. The molecule has 0 bridgehead atoms. The van der Waals surface area contributed by atoms with Gasteiger partial charge in [-0.2, -0.15) is 0 Å². The Kier molecular flexibility index (Phi) is 4.95. The first-order valence-electron chi connectivity index (χ1n) is 5.60. The number of aromatic nitrogens is 1. The first kappa shape index (κ1) is 11.8. The fraction of sp³-hybridized carbons (Fsp3) is 0.583. The zero-order valence-electron chi connectivity index (χ0n) is 9.28. The van der Waals surface area contributed by atoms with Crippen molar-refractivity contribution in [2.45, 2.75) is 45.6 Å². The van der Waals surface area contributed by atoms with Crippen molar-refractivity contribution in [3.8, 4) is 0 Å². The van der Waals surface area contributed by atoms with Crippen LogP contribution in [0.5, 0.6) is 0 Å². The molecule has 0 spiro atoms. The normalized spacial score (nSPS) is 10.5. The van der Waals surface area contributed by atoms with Crippen LogP contribution in [0.2, 0.25) is 0 Å². The van der Waals surface area contributed by atoms with E-state index in [9.17, 15) is 4.79 Å². The van der Waals surface area contributed by atoms with Gasteiger partial charge < -0.3 is 9.67 Å². The third-order valence-corrected chi connectivity index (χ3v) is 2.51. The van der Waals surface area contributed by atoms with Gasteiger partial charge in [0.25, 0.3) is 0 Å². The fourth-order valence-electron chi connectivity index (χ4n) is 1.69. The third-order valence-electron chi connectivity index (χ3n) is 2.51. The van der Waals surface area contributed by atoms with Gasteiger partial charge in [-0.3, -0.25) is 4.79 Å². The van der Waals surface area contributed by atoms with Gasteiger partial charge in [0.05, 0.1) is 6.42 Å². The monoisotopic (exact) mass is 209 g/mol.